The van der Waals surface area contributed by atoms with Crippen molar-refractivity contribution in [2.24, 2.45) is 0 Å². The highest BCUT2D eigenvalue weighted by atomic mass is 16.5. The van der Waals surface area contributed by atoms with Crippen LogP contribution in [0.1, 0.15) is 70.9 Å². The molecule has 0 heterocycles. The van der Waals surface area contributed by atoms with Crippen LogP contribution in [0.4, 0.5) is 0 Å². The molecule has 146 valence electrons. The van der Waals surface area contributed by atoms with Crippen molar-refractivity contribution in [3.63, 3.8) is 0 Å². The maximum Gasteiger partial charge on any atom is 0.311 e. The summed E-state index contributed by atoms with van der Waals surface area (Å²) in [7, 11) is 0. The molecular formula is C24H32O3. The van der Waals surface area contributed by atoms with Crippen molar-refractivity contribution >= 4 is 5.97 Å². The zero-order valence-corrected chi connectivity index (χ0v) is 17.2. The van der Waals surface area contributed by atoms with Gasteiger partial charge >= 0.3 is 5.97 Å². The van der Waals surface area contributed by atoms with Gasteiger partial charge in [0.25, 0.3) is 0 Å². The molecule has 0 aliphatic heterocycles. The van der Waals surface area contributed by atoms with Gasteiger partial charge in [-0.3, -0.25) is 4.79 Å². The van der Waals surface area contributed by atoms with Gasteiger partial charge < -0.3 is 9.47 Å². The molecule has 0 saturated carbocycles. The van der Waals surface area contributed by atoms with E-state index in [9.17, 15) is 4.79 Å². The minimum Gasteiger partial charge on any atom is -0.494 e. The normalized spacial score (nSPS) is 11.5. The van der Waals surface area contributed by atoms with E-state index in [4.69, 9.17) is 9.47 Å². The summed E-state index contributed by atoms with van der Waals surface area (Å²) in [4.78, 5) is 12.1. The van der Waals surface area contributed by atoms with Crippen molar-refractivity contribution in [2.75, 3.05) is 6.61 Å². The number of ether oxygens (including phenoxy) is 2. The summed E-state index contributed by atoms with van der Waals surface area (Å²) < 4.78 is 11.3. The van der Waals surface area contributed by atoms with E-state index in [2.05, 4.69) is 46.8 Å². The number of para-hydroxylation sites is 1. The molecule has 0 fully saturated rings. The molecule has 2 aromatic carbocycles. The lowest BCUT2D eigenvalue weighted by Crippen LogP contribution is -2.15. The summed E-state index contributed by atoms with van der Waals surface area (Å²) in [6.45, 7) is 11.4. The largest absolute Gasteiger partial charge is 0.494 e. The Labute approximate surface area is 163 Å². The van der Waals surface area contributed by atoms with Crippen LogP contribution in [0.15, 0.2) is 48.5 Å². The van der Waals surface area contributed by atoms with Gasteiger partial charge in [0.1, 0.15) is 11.5 Å². The summed E-state index contributed by atoms with van der Waals surface area (Å²) in [5.41, 5.74) is 2.54. The summed E-state index contributed by atoms with van der Waals surface area (Å²) in [5.74, 6) is 1.60. The van der Waals surface area contributed by atoms with Gasteiger partial charge in [0, 0.05) is 6.42 Å². The lowest BCUT2D eigenvalue weighted by molar-refractivity contribution is -0.134. The minimum atomic E-state index is -0.216. The zero-order chi connectivity index (χ0) is 19.9. The fourth-order valence-electron chi connectivity index (χ4n) is 2.84. The van der Waals surface area contributed by atoms with Gasteiger partial charge in [-0.15, -0.1) is 0 Å². The first-order chi connectivity index (χ1) is 12.8. The van der Waals surface area contributed by atoms with Gasteiger partial charge in [0.15, 0.2) is 0 Å². The molecule has 0 spiro atoms. The van der Waals surface area contributed by atoms with Gasteiger partial charge in [-0.05, 0) is 53.5 Å². The Hall–Kier alpha value is -2.29. The second-order valence-corrected chi connectivity index (χ2v) is 7.88. The summed E-state index contributed by atoms with van der Waals surface area (Å²) in [6.07, 6.45) is 2.06. The quantitative estimate of drug-likeness (QED) is 0.297. The Balaban J connectivity index is 1.78. The fraction of sp³-hybridized carbons (Fsp3) is 0.458. The van der Waals surface area contributed by atoms with E-state index in [-0.39, 0.29) is 11.4 Å². The number of carbonyl (C=O) groups is 1. The average Bonchev–Trinajstić information content (AvgIpc) is 2.66. The summed E-state index contributed by atoms with van der Waals surface area (Å²) in [5, 5.41) is 0. The molecule has 0 aromatic heterocycles. The second kappa shape index (κ2) is 9.59. The highest BCUT2D eigenvalue weighted by Crippen LogP contribution is 2.28. The Kier molecular flexibility index (Phi) is 7.46. The standard InChI is InChI=1S/C24H32O3/c1-6-24(4,5)19-13-15-20(16-14-19)26-17-9-12-23(25)27-22-11-8-7-10-21(22)18(2)3/h7-8,10-11,13-16,18H,6,9,12,17H2,1-5H3. The molecule has 3 nitrogen and oxygen atoms in total. The van der Waals surface area contributed by atoms with Crippen molar-refractivity contribution in [3.8, 4) is 11.5 Å². The molecule has 3 heteroatoms. The fourth-order valence-corrected chi connectivity index (χ4v) is 2.84. The van der Waals surface area contributed by atoms with E-state index in [0.717, 1.165) is 17.7 Å². The van der Waals surface area contributed by atoms with Crippen molar-refractivity contribution in [1.29, 1.82) is 0 Å². The Bertz CT molecular complexity index is 730. The number of hydrogen-bond acceptors (Lipinski definition) is 3. The molecular weight excluding hydrogens is 336 g/mol. The Morgan fingerprint density at radius 3 is 2.33 bits per heavy atom. The third-order valence-corrected chi connectivity index (χ3v) is 5.08. The van der Waals surface area contributed by atoms with Crippen LogP contribution < -0.4 is 9.47 Å². The molecule has 0 atom stereocenters. The second-order valence-electron chi connectivity index (χ2n) is 7.88. The Morgan fingerprint density at radius 2 is 1.70 bits per heavy atom. The highest BCUT2D eigenvalue weighted by Gasteiger charge is 2.17. The van der Waals surface area contributed by atoms with Gasteiger partial charge in [-0.2, -0.15) is 0 Å². The zero-order valence-electron chi connectivity index (χ0n) is 17.2. The van der Waals surface area contributed by atoms with E-state index < -0.39 is 0 Å². The van der Waals surface area contributed by atoms with E-state index >= 15 is 0 Å². The molecule has 0 bridgehead atoms. The lowest BCUT2D eigenvalue weighted by atomic mass is 9.82. The SMILES string of the molecule is CCC(C)(C)c1ccc(OCCCC(=O)Oc2ccccc2C(C)C)cc1. The predicted molar refractivity (Wildman–Crippen MR) is 111 cm³/mol. The first kappa shape index (κ1) is 21.0. The third kappa shape index (κ3) is 6.13. The van der Waals surface area contributed by atoms with Gasteiger partial charge in [-0.1, -0.05) is 65.0 Å². The lowest BCUT2D eigenvalue weighted by Gasteiger charge is -2.23. The van der Waals surface area contributed by atoms with Crippen molar-refractivity contribution in [3.05, 3.63) is 59.7 Å². The molecule has 0 unspecified atom stereocenters. The van der Waals surface area contributed by atoms with Crippen molar-refractivity contribution in [2.45, 2.75) is 65.2 Å². The topological polar surface area (TPSA) is 35.5 Å². The maximum atomic E-state index is 12.1. The molecule has 0 amide bonds. The van der Waals surface area contributed by atoms with Crippen LogP contribution in [0.3, 0.4) is 0 Å². The summed E-state index contributed by atoms with van der Waals surface area (Å²) in [6, 6.07) is 16.0. The van der Waals surface area contributed by atoms with E-state index in [1.807, 2.05) is 36.4 Å². The number of hydrogen-bond donors (Lipinski definition) is 0. The van der Waals surface area contributed by atoms with Crippen LogP contribution in [0, 0.1) is 0 Å². The molecule has 0 aliphatic rings. The average molecular weight is 369 g/mol. The number of rotatable bonds is 9. The molecule has 0 radical (unpaired) electrons. The number of carbonyl (C=O) groups excluding carboxylic acids is 1. The van der Waals surface area contributed by atoms with Crippen LogP contribution in [0.2, 0.25) is 0 Å². The molecule has 0 aliphatic carbocycles. The van der Waals surface area contributed by atoms with Crippen molar-refractivity contribution in [1.82, 2.24) is 0 Å². The third-order valence-electron chi connectivity index (χ3n) is 5.08. The first-order valence-electron chi connectivity index (χ1n) is 9.86. The van der Waals surface area contributed by atoms with Crippen molar-refractivity contribution < 1.29 is 14.3 Å². The molecule has 2 rings (SSSR count). The molecule has 2 aromatic rings. The van der Waals surface area contributed by atoms with Crippen LogP contribution in [-0.2, 0) is 10.2 Å². The maximum absolute atomic E-state index is 12.1. The minimum absolute atomic E-state index is 0.175. The molecule has 27 heavy (non-hydrogen) atoms. The molecule has 0 saturated heterocycles. The van der Waals surface area contributed by atoms with Gasteiger partial charge in [-0.25, -0.2) is 0 Å². The highest BCUT2D eigenvalue weighted by molar-refractivity contribution is 5.72. The van der Waals surface area contributed by atoms with Crippen LogP contribution >= 0.6 is 0 Å². The van der Waals surface area contributed by atoms with E-state index in [0.29, 0.717) is 31.1 Å². The number of esters is 1. The first-order valence-corrected chi connectivity index (χ1v) is 9.86. The number of benzene rings is 2. The smallest absolute Gasteiger partial charge is 0.311 e. The van der Waals surface area contributed by atoms with E-state index in [1.54, 1.807) is 0 Å². The van der Waals surface area contributed by atoms with E-state index in [1.165, 1.54) is 5.56 Å². The van der Waals surface area contributed by atoms with Gasteiger partial charge in [0.2, 0.25) is 0 Å². The summed E-state index contributed by atoms with van der Waals surface area (Å²) >= 11 is 0. The molecule has 0 N–H and O–H groups in total. The van der Waals surface area contributed by atoms with Crippen LogP contribution in [0.25, 0.3) is 0 Å². The van der Waals surface area contributed by atoms with Gasteiger partial charge in [0.05, 0.1) is 6.61 Å². The Morgan fingerprint density at radius 1 is 1.04 bits per heavy atom. The monoisotopic (exact) mass is 368 g/mol. The van der Waals surface area contributed by atoms with Crippen LogP contribution in [-0.4, -0.2) is 12.6 Å². The predicted octanol–water partition coefficient (Wildman–Crippen LogP) is 6.26. The van der Waals surface area contributed by atoms with Crippen LogP contribution in [0.5, 0.6) is 11.5 Å².